The van der Waals surface area contributed by atoms with Gasteiger partial charge in [-0.15, -0.1) is 6.42 Å². The maximum atomic E-state index is 11.6. The zero-order valence-electron chi connectivity index (χ0n) is 10.8. The Hall–Kier alpha value is -2.15. The Morgan fingerprint density at radius 3 is 2.67 bits per heavy atom. The molecule has 0 unspecified atom stereocenters. The molecule has 0 spiro atoms. The maximum Gasteiger partial charge on any atom is 0.412 e. The summed E-state index contributed by atoms with van der Waals surface area (Å²) in [6.07, 6.45) is 4.60. The quantitative estimate of drug-likeness (QED) is 0.835. The highest BCUT2D eigenvalue weighted by Gasteiger charge is 2.17. The number of carbonyl (C=O) groups excluding carboxylic acids is 1. The lowest BCUT2D eigenvalue weighted by Gasteiger charge is -2.20. The molecule has 0 saturated heterocycles. The van der Waals surface area contributed by atoms with Gasteiger partial charge in [0.2, 0.25) is 0 Å². The topological polar surface area (TPSA) is 47.6 Å². The fraction of sp³-hybridized carbons (Fsp3) is 0.357. The lowest BCUT2D eigenvalue weighted by atomic mass is 10.2. The number of hydrogen-bond acceptors (Lipinski definition) is 3. The van der Waals surface area contributed by atoms with Gasteiger partial charge in [0.15, 0.2) is 0 Å². The van der Waals surface area contributed by atoms with E-state index in [2.05, 4.69) is 11.2 Å². The first-order chi connectivity index (χ1) is 8.42. The fourth-order valence-electron chi connectivity index (χ4n) is 1.23. The number of anilines is 1. The molecular formula is C14H17NO3. The molecule has 0 aliphatic carbocycles. The van der Waals surface area contributed by atoms with Crippen molar-refractivity contribution in [2.45, 2.75) is 26.4 Å². The molecule has 96 valence electrons. The van der Waals surface area contributed by atoms with E-state index >= 15 is 0 Å². The summed E-state index contributed by atoms with van der Waals surface area (Å²) in [5, 5.41) is 2.62. The lowest BCUT2D eigenvalue weighted by molar-refractivity contribution is 0.0635. The molecule has 4 nitrogen and oxygen atoms in total. The normalized spacial score (nSPS) is 10.3. The van der Waals surface area contributed by atoms with Crippen molar-refractivity contribution in [3.63, 3.8) is 0 Å². The molecule has 0 aromatic heterocycles. The third kappa shape index (κ3) is 4.79. The van der Waals surface area contributed by atoms with Gasteiger partial charge >= 0.3 is 6.09 Å². The molecule has 0 fully saturated rings. The molecule has 1 aromatic carbocycles. The van der Waals surface area contributed by atoms with Gasteiger partial charge in [0.1, 0.15) is 18.0 Å². The smallest absolute Gasteiger partial charge is 0.412 e. The van der Waals surface area contributed by atoms with Crippen LogP contribution in [-0.4, -0.2) is 18.3 Å². The van der Waals surface area contributed by atoms with Crippen molar-refractivity contribution in [2.24, 2.45) is 0 Å². The number of terminal acetylenes is 1. The fourth-order valence-corrected chi connectivity index (χ4v) is 1.23. The standard InChI is InChI=1S/C14H17NO3/c1-5-10-17-12-9-7-6-8-11(12)15-13(16)18-14(2,3)4/h1,6-9H,10H2,2-4H3,(H,15,16). The minimum atomic E-state index is -0.543. The molecule has 0 atom stereocenters. The zero-order valence-corrected chi connectivity index (χ0v) is 10.8. The van der Waals surface area contributed by atoms with E-state index in [0.29, 0.717) is 11.4 Å². The molecule has 1 N–H and O–H groups in total. The molecule has 1 aromatic rings. The Bertz CT molecular complexity index is 455. The first-order valence-electron chi connectivity index (χ1n) is 5.57. The number of ether oxygens (including phenoxy) is 2. The molecule has 0 radical (unpaired) electrons. The van der Waals surface area contributed by atoms with Gasteiger partial charge in [-0.25, -0.2) is 4.79 Å². The van der Waals surface area contributed by atoms with Gasteiger partial charge in [-0.3, -0.25) is 5.32 Å². The van der Waals surface area contributed by atoms with Gasteiger partial charge in [0.25, 0.3) is 0 Å². The summed E-state index contributed by atoms with van der Waals surface area (Å²) in [4.78, 5) is 11.6. The third-order valence-corrected chi connectivity index (χ3v) is 1.83. The number of amides is 1. The number of hydrogen-bond donors (Lipinski definition) is 1. The predicted molar refractivity (Wildman–Crippen MR) is 70.6 cm³/mol. The molecule has 0 saturated carbocycles. The van der Waals surface area contributed by atoms with Crippen LogP contribution in [0, 0.1) is 12.3 Å². The van der Waals surface area contributed by atoms with Crippen molar-refractivity contribution in [1.82, 2.24) is 0 Å². The summed E-state index contributed by atoms with van der Waals surface area (Å²) < 4.78 is 10.5. The molecule has 1 amide bonds. The van der Waals surface area contributed by atoms with Crippen LogP contribution in [0.2, 0.25) is 0 Å². The molecule has 0 bridgehead atoms. The largest absolute Gasteiger partial charge is 0.479 e. The van der Waals surface area contributed by atoms with Crippen molar-refractivity contribution in [2.75, 3.05) is 11.9 Å². The average Bonchev–Trinajstić information content (AvgIpc) is 2.25. The molecule has 4 heteroatoms. The highest BCUT2D eigenvalue weighted by molar-refractivity contribution is 5.86. The number of nitrogens with one attached hydrogen (secondary N) is 1. The van der Waals surface area contributed by atoms with Gasteiger partial charge in [0.05, 0.1) is 5.69 Å². The lowest BCUT2D eigenvalue weighted by Crippen LogP contribution is -2.27. The van der Waals surface area contributed by atoms with E-state index < -0.39 is 11.7 Å². The first-order valence-corrected chi connectivity index (χ1v) is 5.57. The van der Waals surface area contributed by atoms with Crippen LogP contribution in [0.25, 0.3) is 0 Å². The highest BCUT2D eigenvalue weighted by Crippen LogP contribution is 2.24. The minimum Gasteiger partial charge on any atom is -0.479 e. The van der Waals surface area contributed by atoms with Crippen LogP contribution >= 0.6 is 0 Å². The monoisotopic (exact) mass is 247 g/mol. The van der Waals surface area contributed by atoms with Crippen LogP contribution in [-0.2, 0) is 4.74 Å². The van der Waals surface area contributed by atoms with E-state index in [1.54, 1.807) is 45.0 Å². The van der Waals surface area contributed by atoms with E-state index in [1.807, 2.05) is 0 Å². The molecule has 18 heavy (non-hydrogen) atoms. The SMILES string of the molecule is C#CCOc1ccccc1NC(=O)OC(C)(C)C. The van der Waals surface area contributed by atoms with Crippen molar-refractivity contribution in [1.29, 1.82) is 0 Å². The van der Waals surface area contributed by atoms with E-state index in [1.165, 1.54) is 0 Å². The van der Waals surface area contributed by atoms with Gasteiger partial charge in [-0.1, -0.05) is 18.1 Å². The van der Waals surface area contributed by atoms with Crippen molar-refractivity contribution in [3.05, 3.63) is 24.3 Å². The van der Waals surface area contributed by atoms with E-state index in [-0.39, 0.29) is 6.61 Å². The van der Waals surface area contributed by atoms with Gasteiger partial charge in [-0.05, 0) is 32.9 Å². The van der Waals surface area contributed by atoms with Crippen molar-refractivity contribution in [3.8, 4) is 18.1 Å². The van der Waals surface area contributed by atoms with E-state index in [4.69, 9.17) is 15.9 Å². The van der Waals surface area contributed by atoms with Crippen LogP contribution in [0.3, 0.4) is 0 Å². The van der Waals surface area contributed by atoms with Crippen LogP contribution in [0.1, 0.15) is 20.8 Å². The summed E-state index contributed by atoms with van der Waals surface area (Å²) in [7, 11) is 0. The second-order valence-electron chi connectivity index (χ2n) is 4.62. The van der Waals surface area contributed by atoms with Crippen molar-refractivity contribution >= 4 is 11.8 Å². The minimum absolute atomic E-state index is 0.146. The molecular weight excluding hydrogens is 230 g/mol. The number of rotatable bonds is 3. The van der Waals surface area contributed by atoms with E-state index in [9.17, 15) is 4.79 Å². The first kappa shape index (κ1) is 13.9. The van der Waals surface area contributed by atoms with Crippen LogP contribution < -0.4 is 10.1 Å². The predicted octanol–water partition coefficient (Wildman–Crippen LogP) is 3.05. The molecule has 0 heterocycles. The third-order valence-electron chi connectivity index (χ3n) is 1.83. The summed E-state index contributed by atoms with van der Waals surface area (Å²) >= 11 is 0. The zero-order chi connectivity index (χ0) is 13.6. The summed E-state index contributed by atoms with van der Waals surface area (Å²) in [6.45, 7) is 5.54. The Balaban J connectivity index is 2.72. The second kappa shape index (κ2) is 5.97. The van der Waals surface area contributed by atoms with Crippen LogP contribution in [0.15, 0.2) is 24.3 Å². The number of carbonyl (C=O) groups is 1. The Morgan fingerprint density at radius 2 is 2.06 bits per heavy atom. The maximum absolute atomic E-state index is 11.6. The van der Waals surface area contributed by atoms with E-state index in [0.717, 1.165) is 0 Å². The summed E-state index contributed by atoms with van der Waals surface area (Å²) in [5.41, 5.74) is -0.0133. The van der Waals surface area contributed by atoms with Gasteiger partial charge in [0, 0.05) is 0 Å². The van der Waals surface area contributed by atoms with Gasteiger partial charge < -0.3 is 9.47 Å². The number of benzene rings is 1. The molecule has 0 aliphatic heterocycles. The second-order valence-corrected chi connectivity index (χ2v) is 4.62. The number of para-hydroxylation sites is 2. The Morgan fingerprint density at radius 1 is 1.39 bits per heavy atom. The van der Waals surface area contributed by atoms with Gasteiger partial charge in [-0.2, -0.15) is 0 Å². The molecule has 1 rings (SSSR count). The van der Waals surface area contributed by atoms with Crippen LogP contribution in [0.4, 0.5) is 10.5 Å². The van der Waals surface area contributed by atoms with Crippen molar-refractivity contribution < 1.29 is 14.3 Å². The average molecular weight is 247 g/mol. The van der Waals surface area contributed by atoms with Crippen LogP contribution in [0.5, 0.6) is 5.75 Å². The Labute approximate surface area is 107 Å². The Kier molecular flexibility index (Phi) is 4.61. The summed E-state index contributed by atoms with van der Waals surface area (Å²) in [5.74, 6) is 2.88. The molecule has 0 aliphatic rings. The summed E-state index contributed by atoms with van der Waals surface area (Å²) in [6, 6.07) is 7.03. The highest BCUT2D eigenvalue weighted by atomic mass is 16.6.